The number of urea groups is 1. The maximum atomic E-state index is 12.5. The molecule has 0 spiro atoms. The van der Waals surface area contributed by atoms with Gasteiger partial charge in [0.25, 0.3) is 0 Å². The van der Waals surface area contributed by atoms with E-state index in [0.717, 1.165) is 19.4 Å². The molecule has 1 aromatic carbocycles. The SMILES string of the molecule is COC(=O)c1ccc(NC(=O)N2CCC[C@@H]2c2cccs2)cc1. The van der Waals surface area contributed by atoms with E-state index >= 15 is 0 Å². The van der Waals surface area contributed by atoms with Gasteiger partial charge in [0.2, 0.25) is 0 Å². The number of hydrogen-bond acceptors (Lipinski definition) is 4. The van der Waals surface area contributed by atoms with Gasteiger partial charge in [0.15, 0.2) is 0 Å². The van der Waals surface area contributed by atoms with Crippen LogP contribution >= 0.6 is 11.3 Å². The predicted octanol–water partition coefficient (Wildman–Crippen LogP) is 3.90. The Morgan fingerprint density at radius 3 is 2.70 bits per heavy atom. The van der Waals surface area contributed by atoms with Crippen molar-refractivity contribution in [1.29, 1.82) is 0 Å². The summed E-state index contributed by atoms with van der Waals surface area (Å²) in [6.07, 6.45) is 2.01. The maximum absolute atomic E-state index is 12.5. The second kappa shape index (κ2) is 6.83. The van der Waals surface area contributed by atoms with E-state index in [-0.39, 0.29) is 18.0 Å². The third-order valence-electron chi connectivity index (χ3n) is 3.94. The summed E-state index contributed by atoms with van der Waals surface area (Å²) in [7, 11) is 1.34. The molecule has 1 saturated heterocycles. The second-order valence-corrected chi connectivity index (χ2v) is 6.35. The van der Waals surface area contributed by atoms with Gasteiger partial charge in [0.05, 0.1) is 18.7 Å². The van der Waals surface area contributed by atoms with Crippen molar-refractivity contribution in [3.8, 4) is 0 Å². The Hall–Kier alpha value is -2.34. The van der Waals surface area contributed by atoms with Crippen molar-refractivity contribution in [2.24, 2.45) is 0 Å². The fourth-order valence-corrected chi connectivity index (χ4v) is 3.66. The quantitative estimate of drug-likeness (QED) is 0.868. The predicted molar refractivity (Wildman–Crippen MR) is 89.8 cm³/mol. The standard InChI is InChI=1S/C17H18N2O3S/c1-22-16(20)12-6-8-13(9-7-12)18-17(21)19-10-2-4-14(19)15-5-3-11-23-15/h3,5-9,11,14H,2,4,10H2,1H3,(H,18,21)/t14-/m1/s1. The molecule has 0 unspecified atom stereocenters. The normalized spacial score (nSPS) is 17.1. The highest BCUT2D eigenvalue weighted by Gasteiger charge is 2.30. The smallest absolute Gasteiger partial charge is 0.337 e. The number of benzene rings is 1. The zero-order valence-corrected chi connectivity index (χ0v) is 13.6. The van der Waals surface area contributed by atoms with Crippen LogP contribution in [0.4, 0.5) is 10.5 Å². The summed E-state index contributed by atoms with van der Waals surface area (Å²) in [4.78, 5) is 27.0. The number of thiophene rings is 1. The summed E-state index contributed by atoms with van der Waals surface area (Å²) in [6.45, 7) is 0.759. The zero-order valence-electron chi connectivity index (χ0n) is 12.8. The Balaban J connectivity index is 1.68. The molecule has 6 heteroatoms. The maximum Gasteiger partial charge on any atom is 0.337 e. The summed E-state index contributed by atoms with van der Waals surface area (Å²) >= 11 is 1.68. The van der Waals surface area contributed by atoms with Crippen LogP contribution in [0.25, 0.3) is 0 Å². The average Bonchev–Trinajstić information content (AvgIpc) is 3.25. The molecule has 23 heavy (non-hydrogen) atoms. The van der Waals surface area contributed by atoms with Gasteiger partial charge in [0, 0.05) is 17.1 Å². The highest BCUT2D eigenvalue weighted by Crippen LogP contribution is 2.34. The number of carbonyl (C=O) groups is 2. The Morgan fingerprint density at radius 2 is 2.04 bits per heavy atom. The molecule has 1 aliphatic heterocycles. The highest BCUT2D eigenvalue weighted by molar-refractivity contribution is 7.10. The molecular formula is C17H18N2O3S. The number of anilines is 1. The highest BCUT2D eigenvalue weighted by atomic mass is 32.1. The number of carbonyl (C=O) groups excluding carboxylic acids is 2. The molecule has 1 fully saturated rings. The van der Waals surface area contributed by atoms with E-state index in [9.17, 15) is 9.59 Å². The number of hydrogen-bond donors (Lipinski definition) is 1. The number of nitrogens with one attached hydrogen (secondary N) is 1. The third-order valence-corrected chi connectivity index (χ3v) is 4.92. The molecule has 1 aliphatic rings. The molecule has 0 radical (unpaired) electrons. The van der Waals surface area contributed by atoms with Crippen LogP contribution in [0.1, 0.15) is 34.1 Å². The van der Waals surface area contributed by atoms with E-state index in [1.807, 2.05) is 16.3 Å². The van der Waals surface area contributed by atoms with Crippen molar-refractivity contribution < 1.29 is 14.3 Å². The van der Waals surface area contributed by atoms with Crippen molar-refractivity contribution in [2.45, 2.75) is 18.9 Å². The van der Waals surface area contributed by atoms with Gasteiger partial charge in [-0.3, -0.25) is 0 Å². The lowest BCUT2D eigenvalue weighted by Crippen LogP contribution is -2.34. The summed E-state index contributed by atoms with van der Waals surface area (Å²) in [5, 5.41) is 4.94. The minimum atomic E-state index is -0.389. The lowest BCUT2D eigenvalue weighted by atomic mass is 10.2. The molecule has 2 aromatic rings. The van der Waals surface area contributed by atoms with Crippen LogP contribution < -0.4 is 5.32 Å². The first-order valence-corrected chi connectivity index (χ1v) is 8.36. The van der Waals surface area contributed by atoms with E-state index in [1.165, 1.54) is 12.0 Å². The Morgan fingerprint density at radius 1 is 1.26 bits per heavy atom. The molecule has 1 N–H and O–H groups in total. The first-order valence-electron chi connectivity index (χ1n) is 7.48. The van der Waals surface area contributed by atoms with Crippen LogP contribution in [0.15, 0.2) is 41.8 Å². The number of esters is 1. The van der Waals surface area contributed by atoms with Crippen molar-refractivity contribution in [2.75, 3.05) is 19.0 Å². The van der Waals surface area contributed by atoms with Gasteiger partial charge in [-0.1, -0.05) is 6.07 Å². The minimum absolute atomic E-state index is 0.105. The van der Waals surface area contributed by atoms with Gasteiger partial charge in [-0.25, -0.2) is 9.59 Å². The average molecular weight is 330 g/mol. The molecule has 5 nitrogen and oxygen atoms in total. The molecule has 2 heterocycles. The van der Waals surface area contributed by atoms with Gasteiger partial charge >= 0.3 is 12.0 Å². The molecular weight excluding hydrogens is 312 g/mol. The summed E-state index contributed by atoms with van der Waals surface area (Å²) in [6, 6.07) is 10.8. The van der Waals surface area contributed by atoms with Gasteiger partial charge < -0.3 is 15.0 Å². The lowest BCUT2D eigenvalue weighted by molar-refractivity contribution is 0.0601. The molecule has 1 aromatic heterocycles. The van der Waals surface area contributed by atoms with Crippen molar-refractivity contribution in [3.63, 3.8) is 0 Å². The number of methoxy groups -OCH3 is 1. The van der Waals surface area contributed by atoms with E-state index < -0.39 is 0 Å². The fraction of sp³-hybridized carbons (Fsp3) is 0.294. The largest absolute Gasteiger partial charge is 0.465 e. The van der Waals surface area contributed by atoms with Crippen LogP contribution in [0.2, 0.25) is 0 Å². The summed E-state index contributed by atoms with van der Waals surface area (Å²) in [5.41, 5.74) is 1.13. The molecule has 0 saturated carbocycles. The van der Waals surface area contributed by atoms with Crippen molar-refractivity contribution in [3.05, 3.63) is 52.2 Å². The third kappa shape index (κ3) is 3.37. The van der Waals surface area contributed by atoms with Gasteiger partial charge in [0.1, 0.15) is 0 Å². The topological polar surface area (TPSA) is 58.6 Å². The molecule has 120 valence electrons. The van der Waals surface area contributed by atoms with Crippen LogP contribution in [-0.4, -0.2) is 30.6 Å². The van der Waals surface area contributed by atoms with Crippen LogP contribution in [0, 0.1) is 0 Å². The summed E-state index contributed by atoms with van der Waals surface area (Å²) in [5.74, 6) is -0.389. The first-order chi connectivity index (χ1) is 11.2. The molecule has 0 aliphatic carbocycles. The number of likely N-dealkylation sites (tertiary alicyclic amines) is 1. The number of nitrogens with zero attached hydrogens (tertiary/aromatic N) is 1. The van der Waals surface area contributed by atoms with Crippen LogP contribution in [-0.2, 0) is 4.74 Å². The molecule has 2 amide bonds. The number of ether oxygens (including phenoxy) is 1. The number of amides is 2. The number of rotatable bonds is 3. The zero-order chi connectivity index (χ0) is 16.2. The van der Waals surface area contributed by atoms with Gasteiger partial charge in [-0.05, 0) is 48.6 Å². The minimum Gasteiger partial charge on any atom is -0.465 e. The Labute approximate surface area is 138 Å². The van der Waals surface area contributed by atoms with E-state index in [0.29, 0.717) is 11.3 Å². The lowest BCUT2D eigenvalue weighted by Gasteiger charge is -2.24. The van der Waals surface area contributed by atoms with E-state index in [4.69, 9.17) is 0 Å². The van der Waals surface area contributed by atoms with Gasteiger partial charge in [-0.2, -0.15) is 0 Å². The monoisotopic (exact) mass is 330 g/mol. The van der Waals surface area contributed by atoms with Crippen LogP contribution in [0.3, 0.4) is 0 Å². The molecule has 1 atom stereocenters. The van der Waals surface area contributed by atoms with Crippen molar-refractivity contribution in [1.82, 2.24) is 4.90 Å². The Bertz CT molecular complexity index is 682. The molecule has 0 bridgehead atoms. The molecule has 3 rings (SSSR count). The van der Waals surface area contributed by atoms with Gasteiger partial charge in [-0.15, -0.1) is 11.3 Å². The van der Waals surface area contributed by atoms with Crippen LogP contribution in [0.5, 0.6) is 0 Å². The Kier molecular flexibility index (Phi) is 4.62. The van der Waals surface area contributed by atoms with E-state index in [1.54, 1.807) is 35.6 Å². The summed E-state index contributed by atoms with van der Waals surface area (Å²) < 4.78 is 4.66. The van der Waals surface area contributed by atoms with E-state index in [2.05, 4.69) is 16.1 Å². The fourth-order valence-electron chi connectivity index (χ4n) is 2.79. The second-order valence-electron chi connectivity index (χ2n) is 5.37. The van der Waals surface area contributed by atoms with Crippen molar-refractivity contribution >= 4 is 29.0 Å². The first kappa shape index (κ1) is 15.6.